The fourth-order valence-corrected chi connectivity index (χ4v) is 5.09. The predicted octanol–water partition coefficient (Wildman–Crippen LogP) is 3.33. The number of benzene rings is 1. The number of aromatic nitrogens is 2. The third-order valence-corrected chi connectivity index (χ3v) is 7.00. The molecule has 182 valence electrons. The Morgan fingerprint density at radius 2 is 2.06 bits per heavy atom. The number of methoxy groups -OCH3 is 1. The number of para-hydroxylation sites is 1. The molecule has 5 rings (SSSR count). The number of fused-ring (bicyclic) bond motifs is 2. The quantitative estimate of drug-likeness (QED) is 0.516. The number of piperidine rings is 1. The molecule has 2 aliphatic rings. The summed E-state index contributed by atoms with van der Waals surface area (Å²) in [6.45, 7) is 8.41. The molecule has 1 aromatic carbocycles. The summed E-state index contributed by atoms with van der Waals surface area (Å²) in [6.07, 6.45) is 4.25. The summed E-state index contributed by atoms with van der Waals surface area (Å²) < 4.78 is 16.8. The Hall–Kier alpha value is -2.68. The van der Waals surface area contributed by atoms with E-state index in [0.29, 0.717) is 30.5 Å². The number of piperazine rings is 1. The number of ether oxygens (including phenoxy) is 2. The first kappa shape index (κ1) is 23.1. The van der Waals surface area contributed by atoms with E-state index < -0.39 is 0 Å². The van der Waals surface area contributed by atoms with Crippen LogP contribution in [0.2, 0.25) is 0 Å². The van der Waals surface area contributed by atoms with E-state index in [2.05, 4.69) is 44.3 Å². The number of nitrogens with zero attached hydrogens (tertiary/aromatic N) is 4. The maximum absolute atomic E-state index is 6.06. The van der Waals surface area contributed by atoms with Crippen molar-refractivity contribution in [1.29, 1.82) is 0 Å². The average molecular weight is 466 g/mol. The lowest BCUT2D eigenvalue weighted by Crippen LogP contribution is -2.57. The van der Waals surface area contributed by atoms with Crippen LogP contribution in [0.3, 0.4) is 0 Å². The van der Waals surface area contributed by atoms with Crippen molar-refractivity contribution in [1.82, 2.24) is 20.4 Å². The molecular formula is C26H35N5O3. The lowest BCUT2D eigenvalue weighted by molar-refractivity contribution is 0.0717. The van der Waals surface area contributed by atoms with Crippen molar-refractivity contribution in [2.75, 3.05) is 51.4 Å². The van der Waals surface area contributed by atoms with Gasteiger partial charge < -0.3 is 24.2 Å². The van der Waals surface area contributed by atoms with Crippen LogP contribution in [0.1, 0.15) is 25.3 Å². The molecule has 8 heteroatoms. The molecule has 0 aliphatic carbocycles. The van der Waals surface area contributed by atoms with E-state index in [-0.39, 0.29) is 0 Å². The monoisotopic (exact) mass is 465 g/mol. The fourth-order valence-electron chi connectivity index (χ4n) is 5.09. The largest absolute Gasteiger partial charge is 0.477 e. The number of hydrogen-bond donors (Lipinski definition) is 1. The van der Waals surface area contributed by atoms with Crippen LogP contribution < -0.4 is 15.0 Å². The van der Waals surface area contributed by atoms with Crippen LogP contribution in [-0.4, -0.2) is 73.6 Å². The van der Waals surface area contributed by atoms with Gasteiger partial charge in [-0.3, -0.25) is 4.90 Å². The predicted molar refractivity (Wildman–Crippen MR) is 132 cm³/mol. The second-order valence-corrected chi connectivity index (χ2v) is 9.59. The van der Waals surface area contributed by atoms with Gasteiger partial charge >= 0.3 is 0 Å². The van der Waals surface area contributed by atoms with Gasteiger partial charge in [0.25, 0.3) is 0 Å². The van der Waals surface area contributed by atoms with Crippen molar-refractivity contribution < 1.29 is 14.0 Å². The Labute approximate surface area is 201 Å². The summed E-state index contributed by atoms with van der Waals surface area (Å²) in [7, 11) is 1.72. The van der Waals surface area contributed by atoms with E-state index in [0.717, 1.165) is 61.7 Å². The second-order valence-electron chi connectivity index (χ2n) is 9.59. The van der Waals surface area contributed by atoms with Gasteiger partial charge in [0.1, 0.15) is 0 Å². The van der Waals surface area contributed by atoms with Gasteiger partial charge in [-0.2, -0.15) is 0 Å². The molecule has 1 N–H and O–H groups in total. The summed E-state index contributed by atoms with van der Waals surface area (Å²) in [5.41, 5.74) is 2.01. The van der Waals surface area contributed by atoms with Gasteiger partial charge in [0, 0.05) is 70.1 Å². The van der Waals surface area contributed by atoms with Gasteiger partial charge in [-0.1, -0.05) is 23.4 Å². The Balaban J connectivity index is 1.08. The first-order valence-electron chi connectivity index (χ1n) is 12.3. The molecule has 2 aromatic heterocycles. The molecule has 2 saturated heterocycles. The van der Waals surface area contributed by atoms with E-state index in [1.54, 1.807) is 7.11 Å². The summed E-state index contributed by atoms with van der Waals surface area (Å²) in [5, 5.41) is 8.90. The SMILES string of the molecule is COCC(C)NCc1ccc(OC[C@H]2CC[C@H]3CN(c4noc5ccccc45)CCN3C2)nc1. The third kappa shape index (κ3) is 5.35. The minimum Gasteiger partial charge on any atom is -0.477 e. The topological polar surface area (TPSA) is 75.9 Å². The maximum Gasteiger partial charge on any atom is 0.213 e. The van der Waals surface area contributed by atoms with Crippen LogP contribution in [0.15, 0.2) is 47.1 Å². The van der Waals surface area contributed by atoms with E-state index in [9.17, 15) is 0 Å². The van der Waals surface area contributed by atoms with Crippen LogP contribution in [-0.2, 0) is 11.3 Å². The van der Waals surface area contributed by atoms with Gasteiger partial charge in [0.15, 0.2) is 11.4 Å². The number of anilines is 1. The lowest BCUT2D eigenvalue weighted by atomic mass is 9.91. The first-order chi connectivity index (χ1) is 16.7. The Morgan fingerprint density at radius 1 is 1.15 bits per heavy atom. The first-order valence-corrected chi connectivity index (χ1v) is 12.3. The van der Waals surface area contributed by atoms with Crippen molar-refractivity contribution in [3.63, 3.8) is 0 Å². The highest BCUT2D eigenvalue weighted by Gasteiger charge is 2.34. The molecule has 0 spiro atoms. The zero-order valence-electron chi connectivity index (χ0n) is 20.2. The molecule has 8 nitrogen and oxygen atoms in total. The molecule has 34 heavy (non-hydrogen) atoms. The molecule has 4 heterocycles. The Morgan fingerprint density at radius 3 is 2.91 bits per heavy atom. The minimum absolute atomic E-state index is 0.313. The van der Waals surface area contributed by atoms with Gasteiger partial charge in [-0.05, 0) is 37.5 Å². The van der Waals surface area contributed by atoms with Crippen LogP contribution in [0, 0.1) is 5.92 Å². The van der Waals surface area contributed by atoms with E-state index >= 15 is 0 Å². The van der Waals surface area contributed by atoms with Gasteiger partial charge in [-0.15, -0.1) is 0 Å². The lowest BCUT2D eigenvalue weighted by Gasteiger charge is -2.46. The van der Waals surface area contributed by atoms with E-state index in [1.165, 1.54) is 12.8 Å². The van der Waals surface area contributed by atoms with Crippen molar-refractivity contribution in [3.8, 4) is 5.88 Å². The number of rotatable bonds is 9. The highest BCUT2D eigenvalue weighted by atomic mass is 16.5. The van der Waals surface area contributed by atoms with Gasteiger partial charge in [-0.25, -0.2) is 4.98 Å². The normalized spacial score (nSPS) is 22.0. The van der Waals surface area contributed by atoms with Crippen molar-refractivity contribution in [2.24, 2.45) is 5.92 Å². The molecule has 2 aliphatic heterocycles. The molecule has 0 bridgehead atoms. The van der Waals surface area contributed by atoms with Gasteiger partial charge in [0.2, 0.25) is 5.88 Å². The number of hydrogen-bond acceptors (Lipinski definition) is 8. The fraction of sp³-hybridized carbons (Fsp3) is 0.538. The summed E-state index contributed by atoms with van der Waals surface area (Å²) in [5.74, 6) is 2.23. The highest BCUT2D eigenvalue weighted by molar-refractivity contribution is 5.88. The summed E-state index contributed by atoms with van der Waals surface area (Å²) in [4.78, 5) is 9.52. The smallest absolute Gasteiger partial charge is 0.213 e. The van der Waals surface area contributed by atoms with Crippen LogP contribution >= 0.6 is 0 Å². The van der Waals surface area contributed by atoms with E-state index in [4.69, 9.17) is 14.0 Å². The van der Waals surface area contributed by atoms with E-state index in [1.807, 2.05) is 30.5 Å². The summed E-state index contributed by atoms with van der Waals surface area (Å²) in [6, 6.07) is 13.1. The zero-order valence-corrected chi connectivity index (χ0v) is 20.2. The standard InChI is InChI=1S/C26H35N5O3/c1-19(17-32-2)27-13-20-8-10-25(28-14-20)33-18-21-7-9-22-16-31(12-11-30(22)15-21)26-23-5-3-4-6-24(23)34-29-26/h3-6,8,10,14,19,21-22,27H,7,9,11-13,15-18H2,1-2H3/t19?,21-,22-/m0/s1. The molecule has 1 unspecified atom stereocenters. The molecule has 0 radical (unpaired) electrons. The molecule has 3 aromatic rings. The van der Waals surface area contributed by atoms with Crippen molar-refractivity contribution in [3.05, 3.63) is 48.2 Å². The Kier molecular flexibility index (Phi) is 7.27. The molecule has 2 fully saturated rings. The zero-order chi connectivity index (χ0) is 23.3. The minimum atomic E-state index is 0.313. The Bertz CT molecular complexity index is 1060. The molecule has 0 saturated carbocycles. The molecule has 0 amide bonds. The average Bonchev–Trinajstić information content (AvgIpc) is 3.31. The molecule has 3 atom stereocenters. The summed E-state index contributed by atoms with van der Waals surface area (Å²) >= 11 is 0. The third-order valence-electron chi connectivity index (χ3n) is 7.00. The van der Waals surface area contributed by atoms with Crippen molar-refractivity contribution >= 4 is 16.8 Å². The highest BCUT2D eigenvalue weighted by Crippen LogP contribution is 2.31. The van der Waals surface area contributed by atoms with Crippen LogP contribution in [0.25, 0.3) is 11.0 Å². The second kappa shape index (κ2) is 10.7. The molecular weight excluding hydrogens is 430 g/mol. The van der Waals surface area contributed by atoms with Crippen LogP contribution in [0.5, 0.6) is 5.88 Å². The maximum atomic E-state index is 6.06. The van der Waals surface area contributed by atoms with Crippen molar-refractivity contribution in [2.45, 2.75) is 38.4 Å². The van der Waals surface area contributed by atoms with Gasteiger partial charge in [0.05, 0.1) is 18.6 Å². The number of pyridine rings is 1. The number of nitrogens with one attached hydrogen (secondary N) is 1. The van der Waals surface area contributed by atoms with Crippen LogP contribution in [0.4, 0.5) is 5.82 Å².